The number of para-hydroxylation sites is 1. The van der Waals surface area contributed by atoms with Gasteiger partial charge in [0.1, 0.15) is 0 Å². The van der Waals surface area contributed by atoms with Crippen LogP contribution >= 0.6 is 0 Å². The molecule has 0 amide bonds. The van der Waals surface area contributed by atoms with Crippen molar-refractivity contribution < 1.29 is 0 Å². The molecule has 0 bridgehead atoms. The van der Waals surface area contributed by atoms with Gasteiger partial charge in [0.05, 0.1) is 11.2 Å². The molecule has 1 aromatic heterocycles. The number of rotatable bonds is 2. The summed E-state index contributed by atoms with van der Waals surface area (Å²) in [6.45, 7) is 4.43. The molecule has 1 heteroatoms. The Morgan fingerprint density at radius 1 is 0.842 bits per heavy atom. The van der Waals surface area contributed by atoms with Crippen LogP contribution in [0.25, 0.3) is 22.2 Å². The van der Waals surface area contributed by atoms with E-state index in [0.717, 1.165) is 11.2 Å². The van der Waals surface area contributed by atoms with Crippen molar-refractivity contribution in [1.29, 1.82) is 0 Å². The highest BCUT2D eigenvalue weighted by molar-refractivity contribution is 5.81. The van der Waals surface area contributed by atoms with Crippen LogP contribution in [-0.2, 0) is 0 Å². The van der Waals surface area contributed by atoms with Crippen LogP contribution in [0.15, 0.2) is 60.7 Å². The lowest BCUT2D eigenvalue weighted by Crippen LogP contribution is -1.89. The van der Waals surface area contributed by atoms with Crippen molar-refractivity contribution in [3.8, 4) is 11.3 Å². The maximum absolute atomic E-state index is 4.75. The average molecular weight is 247 g/mol. The Kier molecular flexibility index (Phi) is 3.04. The van der Waals surface area contributed by atoms with Crippen molar-refractivity contribution in [2.75, 3.05) is 0 Å². The largest absolute Gasteiger partial charge is 0.248 e. The molecule has 2 aromatic carbocycles. The molecule has 0 aliphatic rings. The first-order valence-electron chi connectivity index (χ1n) is 6.70. The zero-order valence-corrected chi connectivity index (χ0v) is 11.3. The van der Waals surface area contributed by atoms with E-state index in [9.17, 15) is 0 Å². The summed E-state index contributed by atoms with van der Waals surface area (Å²) in [6, 6.07) is 21.1. The molecule has 0 radical (unpaired) electrons. The molecule has 3 rings (SSSR count). The monoisotopic (exact) mass is 247 g/mol. The molecule has 0 N–H and O–H groups in total. The van der Waals surface area contributed by atoms with E-state index in [1.54, 1.807) is 0 Å². The van der Waals surface area contributed by atoms with Crippen LogP contribution in [0.3, 0.4) is 0 Å². The molecule has 3 aromatic rings. The van der Waals surface area contributed by atoms with Crippen molar-refractivity contribution >= 4 is 10.9 Å². The highest BCUT2D eigenvalue weighted by atomic mass is 14.7. The Morgan fingerprint density at radius 2 is 1.68 bits per heavy atom. The first-order chi connectivity index (χ1) is 9.24. The van der Waals surface area contributed by atoms with Gasteiger partial charge in [0.15, 0.2) is 0 Å². The lowest BCUT2D eigenvalue weighted by atomic mass is 9.99. The summed E-state index contributed by atoms with van der Waals surface area (Å²) in [5, 5.41) is 1.19. The Hall–Kier alpha value is -2.15. The highest BCUT2D eigenvalue weighted by Crippen LogP contribution is 2.24. The first-order valence-corrected chi connectivity index (χ1v) is 6.70. The molecule has 0 aliphatic heterocycles. The Labute approximate surface area is 113 Å². The van der Waals surface area contributed by atoms with E-state index in [4.69, 9.17) is 4.98 Å². The second-order valence-corrected chi connectivity index (χ2v) is 5.17. The number of hydrogen-bond acceptors (Lipinski definition) is 1. The van der Waals surface area contributed by atoms with Crippen molar-refractivity contribution in [1.82, 2.24) is 4.98 Å². The van der Waals surface area contributed by atoms with Crippen LogP contribution in [0.1, 0.15) is 25.3 Å². The zero-order chi connectivity index (χ0) is 13.2. The highest BCUT2D eigenvalue weighted by Gasteiger charge is 2.04. The molecule has 0 aliphatic carbocycles. The second kappa shape index (κ2) is 4.85. The summed E-state index contributed by atoms with van der Waals surface area (Å²) in [4.78, 5) is 4.75. The Balaban J connectivity index is 2.11. The topological polar surface area (TPSA) is 12.9 Å². The van der Waals surface area contributed by atoms with Gasteiger partial charge in [-0.25, -0.2) is 4.98 Å². The van der Waals surface area contributed by atoms with Gasteiger partial charge in [-0.2, -0.15) is 0 Å². The van der Waals surface area contributed by atoms with Crippen molar-refractivity contribution in [2.45, 2.75) is 19.8 Å². The molecule has 1 heterocycles. The fraction of sp³-hybridized carbons (Fsp3) is 0.167. The Bertz CT molecular complexity index is 713. The third kappa shape index (κ3) is 2.37. The normalized spacial score (nSPS) is 11.1. The number of aromatic nitrogens is 1. The molecule has 0 unspecified atom stereocenters. The number of benzene rings is 2. The van der Waals surface area contributed by atoms with Gasteiger partial charge in [-0.3, -0.25) is 0 Å². The van der Waals surface area contributed by atoms with E-state index in [1.165, 1.54) is 16.5 Å². The maximum atomic E-state index is 4.75. The van der Waals surface area contributed by atoms with E-state index in [-0.39, 0.29) is 0 Å². The van der Waals surface area contributed by atoms with Crippen LogP contribution < -0.4 is 0 Å². The summed E-state index contributed by atoms with van der Waals surface area (Å²) < 4.78 is 0. The molecule has 0 saturated carbocycles. The first kappa shape index (κ1) is 11.9. The molecular formula is C18H17N. The lowest BCUT2D eigenvalue weighted by Gasteiger charge is -2.08. The molecule has 0 fully saturated rings. The third-order valence-corrected chi connectivity index (χ3v) is 3.45. The van der Waals surface area contributed by atoms with Crippen LogP contribution in [-0.4, -0.2) is 4.98 Å². The summed E-state index contributed by atoms with van der Waals surface area (Å²) in [7, 11) is 0. The van der Waals surface area contributed by atoms with Gasteiger partial charge in [0.2, 0.25) is 0 Å². The third-order valence-electron chi connectivity index (χ3n) is 3.45. The smallest absolute Gasteiger partial charge is 0.0709 e. The standard InChI is InChI=1S/C18H17N/c1-13(2)15-7-5-8-16(12-15)18-11-10-14-6-3-4-9-17(14)19-18/h3-13H,1-2H3. The van der Waals surface area contributed by atoms with Crippen LogP contribution in [0.2, 0.25) is 0 Å². The average Bonchev–Trinajstić information content (AvgIpc) is 2.47. The van der Waals surface area contributed by atoms with Gasteiger partial charge < -0.3 is 0 Å². The van der Waals surface area contributed by atoms with E-state index >= 15 is 0 Å². The number of pyridine rings is 1. The summed E-state index contributed by atoms with van der Waals surface area (Å²) in [5.41, 5.74) is 4.64. The number of fused-ring (bicyclic) bond motifs is 1. The van der Waals surface area contributed by atoms with E-state index in [2.05, 4.69) is 62.4 Å². The zero-order valence-electron chi connectivity index (χ0n) is 11.3. The minimum absolute atomic E-state index is 0.542. The van der Waals surface area contributed by atoms with Gasteiger partial charge in [-0.1, -0.05) is 56.3 Å². The van der Waals surface area contributed by atoms with E-state index < -0.39 is 0 Å². The SMILES string of the molecule is CC(C)c1cccc(-c2ccc3ccccc3n2)c1. The molecular weight excluding hydrogens is 230 g/mol. The predicted molar refractivity (Wildman–Crippen MR) is 81.3 cm³/mol. The van der Waals surface area contributed by atoms with Gasteiger partial charge in [0, 0.05) is 10.9 Å². The molecule has 1 nitrogen and oxygen atoms in total. The molecule has 0 atom stereocenters. The molecule has 0 spiro atoms. The fourth-order valence-electron chi connectivity index (χ4n) is 2.28. The molecule has 0 saturated heterocycles. The van der Waals surface area contributed by atoms with Crippen LogP contribution in [0.5, 0.6) is 0 Å². The van der Waals surface area contributed by atoms with Gasteiger partial charge >= 0.3 is 0 Å². The maximum Gasteiger partial charge on any atom is 0.0709 e. The molecule has 94 valence electrons. The number of hydrogen-bond donors (Lipinski definition) is 0. The van der Waals surface area contributed by atoms with Crippen LogP contribution in [0, 0.1) is 0 Å². The summed E-state index contributed by atoms with van der Waals surface area (Å²) >= 11 is 0. The van der Waals surface area contributed by atoms with Crippen molar-refractivity contribution in [3.05, 3.63) is 66.2 Å². The van der Waals surface area contributed by atoms with Gasteiger partial charge in [-0.15, -0.1) is 0 Å². The quantitative estimate of drug-likeness (QED) is 0.619. The van der Waals surface area contributed by atoms with Crippen molar-refractivity contribution in [2.24, 2.45) is 0 Å². The second-order valence-electron chi connectivity index (χ2n) is 5.17. The minimum Gasteiger partial charge on any atom is -0.248 e. The summed E-state index contributed by atoms with van der Waals surface area (Å²) in [6.07, 6.45) is 0. The predicted octanol–water partition coefficient (Wildman–Crippen LogP) is 5.03. The number of nitrogens with zero attached hydrogens (tertiary/aromatic N) is 1. The Morgan fingerprint density at radius 3 is 2.53 bits per heavy atom. The van der Waals surface area contributed by atoms with E-state index in [1.807, 2.05) is 12.1 Å². The minimum atomic E-state index is 0.542. The van der Waals surface area contributed by atoms with Crippen molar-refractivity contribution in [3.63, 3.8) is 0 Å². The fourth-order valence-corrected chi connectivity index (χ4v) is 2.28. The van der Waals surface area contributed by atoms with Gasteiger partial charge in [-0.05, 0) is 29.7 Å². The van der Waals surface area contributed by atoms with Crippen LogP contribution in [0.4, 0.5) is 0 Å². The van der Waals surface area contributed by atoms with E-state index in [0.29, 0.717) is 5.92 Å². The summed E-state index contributed by atoms with van der Waals surface area (Å²) in [5.74, 6) is 0.542. The molecule has 19 heavy (non-hydrogen) atoms. The lowest BCUT2D eigenvalue weighted by molar-refractivity contribution is 0.867. The van der Waals surface area contributed by atoms with Gasteiger partial charge in [0.25, 0.3) is 0 Å².